The molecule has 3 rings (SSSR count). The zero-order valence-electron chi connectivity index (χ0n) is 13.8. The number of anilines is 1. The van der Waals surface area contributed by atoms with Crippen molar-refractivity contribution in [3.05, 3.63) is 44.5 Å². The van der Waals surface area contributed by atoms with Crippen molar-refractivity contribution in [3.8, 4) is 0 Å². The second kappa shape index (κ2) is 7.50. The van der Waals surface area contributed by atoms with Crippen LogP contribution in [0.4, 0.5) is 5.69 Å². The summed E-state index contributed by atoms with van der Waals surface area (Å²) in [6.45, 7) is 5.99. The van der Waals surface area contributed by atoms with Gasteiger partial charge < -0.3 is 5.32 Å². The van der Waals surface area contributed by atoms with Crippen molar-refractivity contribution in [1.29, 1.82) is 0 Å². The highest BCUT2D eigenvalue weighted by Crippen LogP contribution is 2.35. The van der Waals surface area contributed by atoms with Gasteiger partial charge in [0, 0.05) is 10.3 Å². The molecule has 0 saturated heterocycles. The molecule has 1 amide bonds. The lowest BCUT2D eigenvalue weighted by Gasteiger charge is -2.08. The third kappa shape index (κ3) is 3.92. The molecule has 8 heteroatoms. The first-order valence-corrected chi connectivity index (χ1v) is 10.0. The number of aryl methyl sites for hydroxylation is 3. The van der Waals surface area contributed by atoms with E-state index in [4.69, 9.17) is 23.2 Å². The first-order chi connectivity index (χ1) is 11.9. The van der Waals surface area contributed by atoms with Gasteiger partial charge in [0.05, 0.1) is 21.5 Å². The average molecular weight is 412 g/mol. The van der Waals surface area contributed by atoms with Gasteiger partial charge in [-0.15, -0.1) is 11.3 Å². The highest BCUT2D eigenvalue weighted by molar-refractivity contribution is 8.00. The highest BCUT2D eigenvalue weighted by atomic mass is 35.5. The van der Waals surface area contributed by atoms with Gasteiger partial charge in [0.15, 0.2) is 0 Å². The van der Waals surface area contributed by atoms with Gasteiger partial charge in [-0.05, 0) is 38.5 Å². The predicted molar refractivity (Wildman–Crippen MR) is 107 cm³/mol. The quantitative estimate of drug-likeness (QED) is 0.444. The summed E-state index contributed by atoms with van der Waals surface area (Å²) in [6.07, 6.45) is 0. The van der Waals surface area contributed by atoms with Gasteiger partial charge in [-0.25, -0.2) is 9.97 Å². The molecule has 0 fully saturated rings. The summed E-state index contributed by atoms with van der Waals surface area (Å²) in [6, 6.07) is 5.14. The van der Waals surface area contributed by atoms with Crippen molar-refractivity contribution in [2.75, 3.05) is 11.1 Å². The number of carbonyl (C=O) groups is 1. The van der Waals surface area contributed by atoms with Crippen LogP contribution in [0.1, 0.15) is 16.3 Å². The number of benzene rings is 1. The van der Waals surface area contributed by atoms with Crippen molar-refractivity contribution >= 4 is 68.1 Å². The summed E-state index contributed by atoms with van der Waals surface area (Å²) in [5, 5.41) is 5.40. The number of rotatable bonds is 4. The molecule has 25 heavy (non-hydrogen) atoms. The molecule has 0 aliphatic heterocycles. The molecule has 0 saturated carbocycles. The lowest BCUT2D eigenvalue weighted by atomic mass is 10.2. The van der Waals surface area contributed by atoms with E-state index in [0.29, 0.717) is 21.6 Å². The van der Waals surface area contributed by atoms with Gasteiger partial charge in [0.25, 0.3) is 0 Å². The lowest BCUT2D eigenvalue weighted by molar-refractivity contribution is -0.113. The minimum Gasteiger partial charge on any atom is -0.324 e. The molecule has 0 atom stereocenters. The van der Waals surface area contributed by atoms with Crippen LogP contribution in [0, 0.1) is 20.8 Å². The van der Waals surface area contributed by atoms with Crippen LogP contribution in [0.15, 0.2) is 23.2 Å². The second-order valence-electron chi connectivity index (χ2n) is 5.48. The Hall–Kier alpha value is -1.34. The summed E-state index contributed by atoms with van der Waals surface area (Å²) in [7, 11) is 0. The average Bonchev–Trinajstić information content (AvgIpc) is 2.84. The molecule has 4 nitrogen and oxygen atoms in total. The van der Waals surface area contributed by atoms with E-state index in [1.165, 1.54) is 22.2 Å². The van der Waals surface area contributed by atoms with Crippen molar-refractivity contribution in [2.24, 2.45) is 0 Å². The van der Waals surface area contributed by atoms with Gasteiger partial charge in [-0.3, -0.25) is 4.79 Å². The minimum absolute atomic E-state index is 0.164. The molecular weight excluding hydrogens is 397 g/mol. The number of amides is 1. The van der Waals surface area contributed by atoms with E-state index in [2.05, 4.69) is 29.1 Å². The fourth-order valence-corrected chi connectivity index (χ4v) is 4.76. The van der Waals surface area contributed by atoms with Crippen molar-refractivity contribution in [2.45, 2.75) is 25.8 Å². The standard InChI is InChI=1S/C17H15Cl2N3OS2/c1-8-9(2)25-17-14(8)16(20-10(3)21-17)24-7-13(23)22-12-6-4-5-11(18)15(12)19/h4-6H,7H2,1-3H3,(H,22,23). The molecule has 1 N–H and O–H groups in total. The molecule has 130 valence electrons. The van der Waals surface area contributed by atoms with Crippen LogP contribution in [-0.4, -0.2) is 21.6 Å². The van der Waals surface area contributed by atoms with Crippen LogP contribution in [0.25, 0.3) is 10.2 Å². The van der Waals surface area contributed by atoms with Gasteiger partial charge in [0.2, 0.25) is 5.91 Å². The molecule has 0 unspecified atom stereocenters. The van der Waals surface area contributed by atoms with E-state index in [-0.39, 0.29) is 11.7 Å². The molecule has 0 aliphatic carbocycles. The molecule has 0 aliphatic rings. The Morgan fingerprint density at radius 1 is 1.24 bits per heavy atom. The molecule has 0 radical (unpaired) electrons. The Morgan fingerprint density at radius 3 is 2.76 bits per heavy atom. The van der Waals surface area contributed by atoms with E-state index in [1.807, 2.05) is 6.92 Å². The fraction of sp³-hybridized carbons (Fsp3) is 0.235. The largest absolute Gasteiger partial charge is 0.324 e. The Kier molecular flexibility index (Phi) is 5.53. The van der Waals surface area contributed by atoms with Crippen LogP contribution < -0.4 is 5.32 Å². The minimum atomic E-state index is -0.164. The monoisotopic (exact) mass is 411 g/mol. The number of thioether (sulfide) groups is 1. The van der Waals surface area contributed by atoms with Crippen LogP contribution in [-0.2, 0) is 4.79 Å². The Bertz CT molecular complexity index is 972. The first kappa shape index (κ1) is 18.5. The number of nitrogens with one attached hydrogen (secondary N) is 1. The van der Waals surface area contributed by atoms with E-state index in [0.717, 1.165) is 15.2 Å². The van der Waals surface area contributed by atoms with E-state index >= 15 is 0 Å². The fourth-order valence-electron chi connectivity index (χ4n) is 2.34. The second-order valence-corrected chi connectivity index (χ2v) is 8.43. The Balaban J connectivity index is 1.78. The number of thiophene rings is 1. The molecule has 2 heterocycles. The third-order valence-corrected chi connectivity index (χ3v) is 6.57. The van der Waals surface area contributed by atoms with Gasteiger partial charge in [-0.2, -0.15) is 0 Å². The first-order valence-electron chi connectivity index (χ1n) is 7.48. The molecule has 1 aromatic carbocycles. The summed E-state index contributed by atoms with van der Waals surface area (Å²) < 4.78 is 0. The third-order valence-electron chi connectivity index (χ3n) is 3.67. The number of fused-ring (bicyclic) bond motifs is 1. The predicted octanol–water partition coefficient (Wildman–Crippen LogP) is 5.65. The van der Waals surface area contributed by atoms with Gasteiger partial charge in [0.1, 0.15) is 15.7 Å². The molecule has 0 spiro atoms. The van der Waals surface area contributed by atoms with E-state index in [1.54, 1.807) is 29.5 Å². The van der Waals surface area contributed by atoms with Crippen LogP contribution in [0.3, 0.4) is 0 Å². The molecule has 3 aromatic rings. The lowest BCUT2D eigenvalue weighted by Crippen LogP contribution is -2.14. The topological polar surface area (TPSA) is 54.9 Å². The number of aromatic nitrogens is 2. The smallest absolute Gasteiger partial charge is 0.234 e. The maximum atomic E-state index is 12.3. The van der Waals surface area contributed by atoms with E-state index < -0.39 is 0 Å². The van der Waals surface area contributed by atoms with Crippen molar-refractivity contribution < 1.29 is 4.79 Å². The maximum Gasteiger partial charge on any atom is 0.234 e. The number of halogens is 2. The van der Waals surface area contributed by atoms with Crippen LogP contribution in [0.2, 0.25) is 10.0 Å². The maximum absolute atomic E-state index is 12.3. The van der Waals surface area contributed by atoms with Gasteiger partial charge in [-0.1, -0.05) is 41.0 Å². The number of nitrogens with zero attached hydrogens (tertiary/aromatic N) is 2. The Labute approximate surface area is 164 Å². The van der Waals surface area contributed by atoms with E-state index in [9.17, 15) is 4.79 Å². The van der Waals surface area contributed by atoms with Crippen LogP contribution >= 0.6 is 46.3 Å². The molecule has 0 bridgehead atoms. The highest BCUT2D eigenvalue weighted by Gasteiger charge is 2.15. The number of carbonyl (C=O) groups excluding carboxylic acids is 1. The SMILES string of the molecule is Cc1nc(SCC(=O)Nc2cccc(Cl)c2Cl)c2c(C)c(C)sc2n1. The van der Waals surface area contributed by atoms with Gasteiger partial charge >= 0.3 is 0 Å². The normalized spacial score (nSPS) is 11.1. The molecule has 2 aromatic heterocycles. The zero-order valence-corrected chi connectivity index (χ0v) is 17.0. The van der Waals surface area contributed by atoms with Crippen LogP contribution in [0.5, 0.6) is 0 Å². The zero-order chi connectivity index (χ0) is 18.1. The Morgan fingerprint density at radius 2 is 2.00 bits per heavy atom. The number of hydrogen-bond donors (Lipinski definition) is 1. The summed E-state index contributed by atoms with van der Waals surface area (Å²) in [5.74, 6) is 0.764. The summed E-state index contributed by atoms with van der Waals surface area (Å²) in [5.41, 5.74) is 1.67. The number of hydrogen-bond acceptors (Lipinski definition) is 5. The summed E-state index contributed by atoms with van der Waals surface area (Å²) in [4.78, 5) is 23.5. The summed E-state index contributed by atoms with van der Waals surface area (Å²) >= 11 is 15.1. The van der Waals surface area contributed by atoms with Crippen molar-refractivity contribution in [3.63, 3.8) is 0 Å². The van der Waals surface area contributed by atoms with Crippen molar-refractivity contribution in [1.82, 2.24) is 9.97 Å². The molecular formula is C17H15Cl2N3OS2.